The molecule has 2 rings (SSSR count). The Kier molecular flexibility index (Phi) is 6.15. The Labute approximate surface area is 131 Å². The molecule has 0 aliphatic heterocycles. The van der Waals surface area contributed by atoms with Crippen molar-refractivity contribution in [2.75, 3.05) is 5.75 Å². The number of carboxylic acids is 1. The molecule has 0 amide bonds. The van der Waals surface area contributed by atoms with E-state index in [2.05, 4.69) is 23.4 Å². The Morgan fingerprint density at radius 1 is 1.43 bits per heavy atom. The predicted molar refractivity (Wildman–Crippen MR) is 85.9 cm³/mol. The maximum Gasteiger partial charge on any atom is 0.313 e. The van der Waals surface area contributed by atoms with E-state index in [0.29, 0.717) is 5.92 Å². The zero-order valence-corrected chi connectivity index (χ0v) is 13.9. The lowest BCUT2D eigenvalue weighted by Crippen LogP contribution is -2.13. The number of hydrogen-bond donors (Lipinski definition) is 1. The van der Waals surface area contributed by atoms with Crippen LogP contribution in [0.2, 0.25) is 0 Å². The Hall–Kier alpha value is -0.970. The molecule has 118 valence electrons. The van der Waals surface area contributed by atoms with Gasteiger partial charge in [-0.2, -0.15) is 0 Å². The molecule has 0 aromatic carbocycles. The van der Waals surface area contributed by atoms with E-state index >= 15 is 0 Å². The van der Waals surface area contributed by atoms with Crippen molar-refractivity contribution in [3.63, 3.8) is 0 Å². The van der Waals surface area contributed by atoms with Crippen LogP contribution in [-0.4, -0.2) is 26.4 Å². The molecule has 0 radical (unpaired) electrons. The van der Waals surface area contributed by atoms with Crippen LogP contribution in [0.15, 0.2) is 11.4 Å². The van der Waals surface area contributed by atoms with Crippen LogP contribution in [0, 0.1) is 5.92 Å². The highest BCUT2D eigenvalue weighted by Gasteiger charge is 2.17. The summed E-state index contributed by atoms with van der Waals surface area (Å²) in [5, 5.41) is 9.72. The third-order valence-electron chi connectivity index (χ3n) is 4.25. The van der Waals surface area contributed by atoms with Crippen LogP contribution >= 0.6 is 11.8 Å². The lowest BCUT2D eigenvalue weighted by molar-refractivity contribution is -0.133. The Morgan fingerprint density at radius 3 is 2.76 bits per heavy atom. The maximum atomic E-state index is 10.8. The van der Waals surface area contributed by atoms with Gasteiger partial charge in [0.2, 0.25) is 0 Å². The van der Waals surface area contributed by atoms with Crippen molar-refractivity contribution in [3.05, 3.63) is 11.9 Å². The number of imidazole rings is 1. The van der Waals surface area contributed by atoms with Crippen LogP contribution in [0.4, 0.5) is 0 Å². The van der Waals surface area contributed by atoms with E-state index in [1.165, 1.54) is 56.0 Å². The van der Waals surface area contributed by atoms with Gasteiger partial charge in [-0.05, 0) is 18.3 Å². The third-order valence-corrected chi connectivity index (χ3v) is 5.23. The number of thioether (sulfide) groups is 1. The van der Waals surface area contributed by atoms with Crippen molar-refractivity contribution < 1.29 is 9.90 Å². The fourth-order valence-corrected chi connectivity index (χ4v) is 3.82. The molecular weight excluding hydrogens is 284 g/mol. The van der Waals surface area contributed by atoms with Crippen molar-refractivity contribution in [3.8, 4) is 0 Å². The van der Waals surface area contributed by atoms with Crippen molar-refractivity contribution in [2.24, 2.45) is 5.92 Å². The molecule has 1 N–H and O–H groups in total. The van der Waals surface area contributed by atoms with Gasteiger partial charge in [0.05, 0.1) is 5.75 Å². The fraction of sp³-hybridized carbons (Fsp3) is 0.750. The van der Waals surface area contributed by atoms with E-state index in [-0.39, 0.29) is 5.75 Å². The van der Waals surface area contributed by atoms with E-state index in [9.17, 15) is 4.79 Å². The van der Waals surface area contributed by atoms with Gasteiger partial charge in [-0.3, -0.25) is 4.79 Å². The van der Waals surface area contributed by atoms with E-state index < -0.39 is 5.97 Å². The summed E-state index contributed by atoms with van der Waals surface area (Å²) in [7, 11) is 0. The molecule has 5 heteroatoms. The van der Waals surface area contributed by atoms with Gasteiger partial charge in [0.1, 0.15) is 0 Å². The first kappa shape index (κ1) is 16.4. The average molecular weight is 310 g/mol. The molecule has 4 nitrogen and oxygen atoms in total. The molecule has 0 saturated heterocycles. The van der Waals surface area contributed by atoms with Crippen molar-refractivity contribution in [1.29, 1.82) is 0 Å². The van der Waals surface area contributed by atoms with Crippen molar-refractivity contribution in [1.82, 2.24) is 9.55 Å². The molecule has 21 heavy (non-hydrogen) atoms. The van der Waals surface area contributed by atoms with Gasteiger partial charge in [-0.15, -0.1) is 0 Å². The quantitative estimate of drug-likeness (QED) is 0.769. The van der Waals surface area contributed by atoms with Crippen LogP contribution in [0.25, 0.3) is 0 Å². The third kappa shape index (κ3) is 4.77. The second-order valence-corrected chi connectivity index (χ2v) is 7.19. The van der Waals surface area contributed by atoms with Gasteiger partial charge in [0.25, 0.3) is 0 Å². The summed E-state index contributed by atoms with van der Waals surface area (Å²) >= 11 is 1.33. The summed E-state index contributed by atoms with van der Waals surface area (Å²) in [5.41, 5.74) is 1.22. The van der Waals surface area contributed by atoms with Gasteiger partial charge in [0.15, 0.2) is 5.16 Å². The molecule has 1 aliphatic rings. The summed E-state index contributed by atoms with van der Waals surface area (Å²) in [4.78, 5) is 15.2. The van der Waals surface area contributed by atoms with Crippen LogP contribution in [-0.2, 0) is 11.3 Å². The smallest absolute Gasteiger partial charge is 0.313 e. The van der Waals surface area contributed by atoms with E-state index in [4.69, 9.17) is 5.11 Å². The molecule has 0 unspecified atom stereocenters. The summed E-state index contributed by atoms with van der Waals surface area (Å²) in [6.07, 6.45) is 9.93. The zero-order valence-electron chi connectivity index (χ0n) is 13.0. The van der Waals surface area contributed by atoms with Crippen LogP contribution in [0.5, 0.6) is 0 Å². The molecule has 0 atom stereocenters. The van der Waals surface area contributed by atoms with Gasteiger partial charge in [-0.25, -0.2) is 4.98 Å². The number of carbonyl (C=O) groups is 1. The molecule has 1 aliphatic carbocycles. The monoisotopic (exact) mass is 310 g/mol. The molecule has 1 aromatic rings. The van der Waals surface area contributed by atoms with Gasteiger partial charge < -0.3 is 9.67 Å². The first-order valence-electron chi connectivity index (χ1n) is 7.98. The number of hydrogen-bond acceptors (Lipinski definition) is 3. The lowest BCUT2D eigenvalue weighted by atomic mass is 9.87. The minimum atomic E-state index is -0.784. The molecule has 0 bridgehead atoms. The standard InChI is InChI=1S/C16H26N2O2S/c1-12(2)14-10-17-16(21-11-15(19)20)18(14)9-8-13-6-4-3-5-7-13/h10,12-13H,3-9,11H2,1-2H3,(H,19,20). The summed E-state index contributed by atoms with van der Waals surface area (Å²) in [6, 6.07) is 0. The Balaban J connectivity index is 2.02. The van der Waals surface area contributed by atoms with Gasteiger partial charge in [-0.1, -0.05) is 57.7 Å². The molecule has 0 spiro atoms. The number of aliphatic carboxylic acids is 1. The second kappa shape index (κ2) is 7.87. The first-order valence-corrected chi connectivity index (χ1v) is 8.96. The SMILES string of the molecule is CC(C)c1cnc(SCC(=O)O)n1CCC1CCCCC1. The van der Waals surface area contributed by atoms with Gasteiger partial charge in [0, 0.05) is 18.4 Å². The summed E-state index contributed by atoms with van der Waals surface area (Å²) < 4.78 is 2.24. The lowest BCUT2D eigenvalue weighted by Gasteiger charge is -2.23. The van der Waals surface area contributed by atoms with E-state index in [1.54, 1.807) is 0 Å². The number of aromatic nitrogens is 2. The minimum Gasteiger partial charge on any atom is -0.481 e. The largest absolute Gasteiger partial charge is 0.481 e. The minimum absolute atomic E-state index is 0.0813. The average Bonchev–Trinajstić information content (AvgIpc) is 2.87. The zero-order chi connectivity index (χ0) is 15.2. The van der Waals surface area contributed by atoms with Gasteiger partial charge >= 0.3 is 5.97 Å². The van der Waals surface area contributed by atoms with Crippen molar-refractivity contribution in [2.45, 2.75) is 70.0 Å². The number of nitrogens with zero attached hydrogens (tertiary/aromatic N) is 2. The molecule has 1 aromatic heterocycles. The van der Waals surface area contributed by atoms with E-state index in [0.717, 1.165) is 17.6 Å². The number of carboxylic acid groups (broad SMARTS) is 1. The van der Waals surface area contributed by atoms with Crippen LogP contribution in [0.3, 0.4) is 0 Å². The highest BCUT2D eigenvalue weighted by molar-refractivity contribution is 7.99. The highest BCUT2D eigenvalue weighted by atomic mass is 32.2. The number of rotatable bonds is 7. The summed E-state index contributed by atoms with van der Waals surface area (Å²) in [6.45, 7) is 5.31. The fourth-order valence-electron chi connectivity index (χ4n) is 3.09. The Bertz CT molecular complexity index is 465. The Morgan fingerprint density at radius 2 is 2.14 bits per heavy atom. The molecule has 1 saturated carbocycles. The second-order valence-electron chi connectivity index (χ2n) is 6.25. The topological polar surface area (TPSA) is 55.1 Å². The first-order chi connectivity index (χ1) is 10.1. The van der Waals surface area contributed by atoms with Crippen molar-refractivity contribution >= 4 is 17.7 Å². The highest BCUT2D eigenvalue weighted by Crippen LogP contribution is 2.29. The molecule has 1 heterocycles. The normalized spacial score (nSPS) is 16.5. The maximum absolute atomic E-state index is 10.8. The molecular formula is C16H26N2O2S. The predicted octanol–water partition coefficient (Wildman–Crippen LogP) is 4.15. The molecule has 1 fully saturated rings. The van der Waals surface area contributed by atoms with Crippen LogP contribution < -0.4 is 0 Å². The van der Waals surface area contributed by atoms with E-state index in [1.807, 2.05) is 6.20 Å². The van der Waals surface area contributed by atoms with Crippen LogP contribution in [0.1, 0.15) is 64.0 Å². The summed E-state index contributed by atoms with van der Waals surface area (Å²) in [5.74, 6) is 0.548.